The molecule has 0 saturated carbocycles. The van der Waals surface area contributed by atoms with E-state index in [0.717, 1.165) is 4.68 Å². The van der Waals surface area contributed by atoms with Crippen LogP contribution in [0.1, 0.15) is 6.92 Å². The summed E-state index contributed by atoms with van der Waals surface area (Å²) in [7, 11) is 1.52. The third-order valence-corrected chi connectivity index (χ3v) is 4.20. The van der Waals surface area contributed by atoms with Crippen molar-refractivity contribution in [3.8, 4) is 17.2 Å². The second kappa shape index (κ2) is 6.60. The molecule has 9 heteroatoms. The number of fused-ring (bicyclic) bond motifs is 1. The van der Waals surface area contributed by atoms with Crippen LogP contribution in [0.5, 0.6) is 11.5 Å². The van der Waals surface area contributed by atoms with E-state index in [4.69, 9.17) is 9.47 Å². The van der Waals surface area contributed by atoms with Crippen molar-refractivity contribution >= 4 is 11.6 Å². The van der Waals surface area contributed by atoms with Gasteiger partial charge >= 0.3 is 5.69 Å². The molecular weight excluding hydrogens is 350 g/mol. The average molecular weight is 367 g/mol. The molecule has 1 aliphatic heterocycles. The van der Waals surface area contributed by atoms with Crippen molar-refractivity contribution in [2.75, 3.05) is 5.32 Å². The van der Waals surface area contributed by atoms with Crippen LogP contribution in [-0.4, -0.2) is 37.9 Å². The summed E-state index contributed by atoms with van der Waals surface area (Å²) in [6, 6.07) is 13.9. The van der Waals surface area contributed by atoms with Crippen molar-refractivity contribution in [3.05, 3.63) is 59.0 Å². The maximum Gasteiger partial charge on any atom is 0.368 e. The van der Waals surface area contributed by atoms with E-state index < -0.39 is 12.2 Å². The van der Waals surface area contributed by atoms with Gasteiger partial charge in [-0.2, -0.15) is 9.36 Å². The molecule has 0 bridgehead atoms. The van der Waals surface area contributed by atoms with Gasteiger partial charge in [0.2, 0.25) is 6.10 Å². The number of aryl methyl sites for hydroxylation is 1. The Bertz CT molecular complexity index is 1040. The Morgan fingerprint density at radius 3 is 2.33 bits per heavy atom. The molecule has 1 aliphatic rings. The van der Waals surface area contributed by atoms with E-state index in [1.54, 1.807) is 43.3 Å². The van der Waals surface area contributed by atoms with Gasteiger partial charge in [-0.1, -0.05) is 12.1 Å². The van der Waals surface area contributed by atoms with Gasteiger partial charge in [0.15, 0.2) is 11.5 Å². The molecule has 9 nitrogen and oxygen atoms in total. The quantitative estimate of drug-likeness (QED) is 0.745. The van der Waals surface area contributed by atoms with E-state index >= 15 is 0 Å². The highest BCUT2D eigenvalue weighted by Crippen LogP contribution is 2.33. The normalized spacial score (nSPS) is 18.1. The predicted molar refractivity (Wildman–Crippen MR) is 96.2 cm³/mol. The third-order valence-electron chi connectivity index (χ3n) is 4.20. The molecule has 2 heterocycles. The Hall–Kier alpha value is -3.62. The number of anilines is 1. The second-order valence-corrected chi connectivity index (χ2v) is 6.14. The van der Waals surface area contributed by atoms with Crippen LogP contribution in [-0.2, 0) is 11.8 Å². The first-order valence-electron chi connectivity index (χ1n) is 8.35. The van der Waals surface area contributed by atoms with Crippen LogP contribution < -0.4 is 20.5 Å². The fourth-order valence-electron chi connectivity index (χ4n) is 2.78. The van der Waals surface area contributed by atoms with Gasteiger partial charge in [0.1, 0.15) is 6.10 Å². The van der Waals surface area contributed by atoms with E-state index in [2.05, 4.69) is 15.7 Å². The van der Waals surface area contributed by atoms with Crippen molar-refractivity contribution < 1.29 is 14.3 Å². The number of hydrogen-bond acceptors (Lipinski definition) is 6. The van der Waals surface area contributed by atoms with Crippen LogP contribution in [0.4, 0.5) is 5.69 Å². The van der Waals surface area contributed by atoms with Crippen LogP contribution in [0.2, 0.25) is 0 Å². The number of carbonyl (C=O) groups is 1. The minimum Gasteiger partial charge on any atom is -0.482 e. The van der Waals surface area contributed by atoms with E-state index in [9.17, 15) is 9.59 Å². The number of carbonyl (C=O) groups excluding carboxylic acids is 1. The summed E-state index contributed by atoms with van der Waals surface area (Å²) in [6.45, 7) is 1.78. The second-order valence-electron chi connectivity index (χ2n) is 6.14. The van der Waals surface area contributed by atoms with Gasteiger partial charge in [-0.05, 0) is 53.7 Å². The Balaban J connectivity index is 1.48. The molecule has 0 fully saturated rings. The van der Waals surface area contributed by atoms with Crippen molar-refractivity contribution in [2.45, 2.75) is 19.1 Å². The molecule has 0 aliphatic carbocycles. The van der Waals surface area contributed by atoms with Crippen LogP contribution in [0.25, 0.3) is 5.69 Å². The van der Waals surface area contributed by atoms with Gasteiger partial charge in [-0.3, -0.25) is 4.79 Å². The summed E-state index contributed by atoms with van der Waals surface area (Å²) in [4.78, 5) is 24.5. The predicted octanol–water partition coefficient (Wildman–Crippen LogP) is 1.13. The molecule has 0 unspecified atom stereocenters. The van der Waals surface area contributed by atoms with Gasteiger partial charge in [0.25, 0.3) is 5.91 Å². The summed E-state index contributed by atoms with van der Waals surface area (Å²) in [5.74, 6) is 0.836. The molecule has 0 saturated heterocycles. The van der Waals surface area contributed by atoms with Crippen molar-refractivity contribution in [2.24, 2.45) is 7.05 Å². The molecule has 1 N–H and O–H groups in total. The van der Waals surface area contributed by atoms with Crippen molar-refractivity contribution in [1.29, 1.82) is 0 Å². The number of nitrogens with zero attached hydrogens (tertiary/aromatic N) is 4. The Kier molecular flexibility index (Phi) is 4.11. The molecule has 1 amide bonds. The first-order chi connectivity index (χ1) is 13.0. The molecule has 3 aromatic rings. The minimum absolute atomic E-state index is 0.318. The summed E-state index contributed by atoms with van der Waals surface area (Å²) in [5.41, 5.74) is 0.757. The lowest BCUT2D eigenvalue weighted by molar-refractivity contribution is -0.128. The molecule has 0 spiro atoms. The zero-order valence-electron chi connectivity index (χ0n) is 14.7. The molecule has 2 atom stereocenters. The maximum atomic E-state index is 12.6. The van der Waals surface area contributed by atoms with Gasteiger partial charge < -0.3 is 14.8 Å². The lowest BCUT2D eigenvalue weighted by atomic mass is 10.1. The molecule has 2 aromatic carbocycles. The van der Waals surface area contributed by atoms with Crippen LogP contribution in [0.3, 0.4) is 0 Å². The Labute approximate surface area is 154 Å². The summed E-state index contributed by atoms with van der Waals surface area (Å²) < 4.78 is 13.8. The number of rotatable bonds is 3. The van der Waals surface area contributed by atoms with E-state index in [-0.39, 0.29) is 11.6 Å². The highest BCUT2D eigenvalue weighted by molar-refractivity contribution is 5.95. The fourth-order valence-corrected chi connectivity index (χ4v) is 2.78. The number of aromatic nitrogens is 4. The molecule has 27 heavy (non-hydrogen) atoms. The molecular formula is C18H17N5O4. The Morgan fingerprint density at radius 1 is 1.04 bits per heavy atom. The fraction of sp³-hybridized carbons (Fsp3) is 0.222. The van der Waals surface area contributed by atoms with Gasteiger partial charge in [0, 0.05) is 12.7 Å². The lowest BCUT2D eigenvalue weighted by Gasteiger charge is -2.31. The lowest BCUT2D eigenvalue weighted by Crippen LogP contribution is -2.46. The zero-order valence-corrected chi connectivity index (χ0v) is 14.7. The van der Waals surface area contributed by atoms with Crippen LogP contribution in [0, 0.1) is 0 Å². The van der Waals surface area contributed by atoms with Gasteiger partial charge in [0.05, 0.1) is 5.69 Å². The molecule has 0 radical (unpaired) electrons. The first kappa shape index (κ1) is 16.8. The van der Waals surface area contributed by atoms with E-state index in [1.807, 2.05) is 12.1 Å². The summed E-state index contributed by atoms with van der Waals surface area (Å²) in [5, 5.41) is 10.2. The number of nitrogens with one attached hydrogen (secondary N) is 1. The molecule has 1 aromatic heterocycles. The average Bonchev–Trinajstić information content (AvgIpc) is 3.00. The first-order valence-corrected chi connectivity index (χ1v) is 8.35. The zero-order chi connectivity index (χ0) is 19.0. The maximum absolute atomic E-state index is 12.6. The number of tetrazole rings is 1. The van der Waals surface area contributed by atoms with Gasteiger partial charge in [-0.15, -0.1) is 0 Å². The topological polar surface area (TPSA) is 100 Å². The summed E-state index contributed by atoms with van der Waals surface area (Å²) in [6.07, 6.45) is -1.21. The third kappa shape index (κ3) is 3.14. The largest absolute Gasteiger partial charge is 0.482 e. The van der Waals surface area contributed by atoms with E-state index in [1.165, 1.54) is 11.7 Å². The number of hydrogen-bond donors (Lipinski definition) is 1. The minimum atomic E-state index is -0.776. The highest BCUT2D eigenvalue weighted by Gasteiger charge is 2.34. The number of benzene rings is 2. The van der Waals surface area contributed by atoms with Crippen molar-refractivity contribution in [1.82, 2.24) is 19.8 Å². The smallest absolute Gasteiger partial charge is 0.368 e. The number of ether oxygens (including phenoxy) is 2. The number of amides is 1. The van der Waals surface area contributed by atoms with E-state index in [0.29, 0.717) is 22.9 Å². The number of para-hydroxylation sites is 2. The highest BCUT2D eigenvalue weighted by atomic mass is 16.6. The monoisotopic (exact) mass is 367 g/mol. The van der Waals surface area contributed by atoms with Crippen LogP contribution >= 0.6 is 0 Å². The standard InChI is InChI=1S/C18H17N5O4/c1-11-16(27-15-6-4-3-5-14(15)26-11)17(24)19-12-7-9-13(10-8-12)23-18(25)22(2)20-21-23/h3-11,16H,1-2H3,(H,19,24)/t11-,16-/m1/s1. The van der Waals surface area contributed by atoms with Crippen molar-refractivity contribution in [3.63, 3.8) is 0 Å². The molecule has 4 rings (SSSR count). The van der Waals surface area contributed by atoms with Gasteiger partial charge in [-0.25, -0.2) is 4.79 Å². The SMILES string of the molecule is C[C@H]1Oc2ccccc2O[C@H]1C(=O)Nc1ccc(-n2nnn(C)c2=O)cc1. The van der Waals surface area contributed by atoms with Crippen LogP contribution in [0.15, 0.2) is 53.3 Å². The Morgan fingerprint density at radius 2 is 1.70 bits per heavy atom. The summed E-state index contributed by atoms with van der Waals surface area (Å²) >= 11 is 0. The molecule has 138 valence electrons.